The third-order valence-corrected chi connectivity index (χ3v) is 10.2. The molecule has 0 unspecified atom stereocenters. The number of thiazole rings is 1. The van der Waals surface area contributed by atoms with Crippen LogP contribution >= 0.6 is 11.3 Å². The molecule has 0 spiro atoms. The molecule has 2 aliphatic rings. The molecule has 0 saturated carbocycles. The summed E-state index contributed by atoms with van der Waals surface area (Å²) in [6.45, 7) is 13.0. The van der Waals surface area contributed by atoms with Crippen LogP contribution in [0.4, 0.5) is 5.13 Å². The summed E-state index contributed by atoms with van der Waals surface area (Å²) >= 11 is 1.65. The first-order chi connectivity index (χ1) is 21.7. The Hall–Kier alpha value is -3.07. The molecule has 232 valence electrons. The monoisotopic (exact) mass is 608 g/mol. The van der Waals surface area contributed by atoms with Crippen molar-refractivity contribution in [2.45, 2.75) is 25.3 Å². The molecule has 2 fully saturated rings. The van der Waals surface area contributed by atoms with Crippen molar-refractivity contribution in [1.82, 2.24) is 24.6 Å². The third-order valence-electron chi connectivity index (χ3n) is 9.35. The van der Waals surface area contributed by atoms with Crippen LogP contribution in [0.2, 0.25) is 0 Å². The van der Waals surface area contributed by atoms with Crippen molar-refractivity contribution in [3.8, 4) is 11.3 Å². The van der Waals surface area contributed by atoms with Gasteiger partial charge in [-0.3, -0.25) is 4.90 Å². The van der Waals surface area contributed by atoms with Gasteiger partial charge in [0.25, 0.3) is 0 Å². The molecule has 6 rings (SSSR count). The largest absolute Gasteiger partial charge is 0.365 e. The maximum absolute atomic E-state index is 4.62. The number of rotatable bonds is 13. The fourth-order valence-electron chi connectivity index (χ4n) is 6.69. The predicted molar refractivity (Wildman–Crippen MR) is 186 cm³/mol. The number of hydrogen-bond acceptors (Lipinski definition) is 7. The first kappa shape index (κ1) is 30.9. The minimum absolute atomic E-state index is 0.347. The molecule has 7 heteroatoms. The zero-order valence-corrected chi connectivity index (χ0v) is 27.1. The molecule has 6 nitrogen and oxygen atoms in total. The average molecular weight is 609 g/mol. The Balaban J connectivity index is 0.859. The van der Waals surface area contributed by atoms with Crippen molar-refractivity contribution in [2.24, 2.45) is 0 Å². The standard InChI is InChI=1S/C37H48N6S/c1-38-37-39-35(30-44-37)32-16-14-31(15-17-32)18-21-42-24-22-40(23-25-42)19-8-9-20-41-26-28-43(29-27-41)36(33-10-4-2-5-11-33)34-12-6-3-7-13-34/h2-7,10-17,30,36H,8-9,18-29H2,1H3,(H,38,39). The van der Waals surface area contributed by atoms with E-state index in [0.717, 1.165) is 36.9 Å². The Morgan fingerprint density at radius 3 is 1.70 bits per heavy atom. The van der Waals surface area contributed by atoms with E-state index in [-0.39, 0.29) is 0 Å². The SMILES string of the molecule is CNc1nc(-c2ccc(CCN3CCN(CCCCN4CCN(C(c5ccccc5)c5ccccc5)CC4)CC3)cc2)cs1. The minimum Gasteiger partial charge on any atom is -0.365 e. The highest BCUT2D eigenvalue weighted by atomic mass is 32.1. The topological polar surface area (TPSA) is 37.9 Å². The summed E-state index contributed by atoms with van der Waals surface area (Å²) in [5, 5.41) is 6.21. The molecule has 1 N–H and O–H groups in total. The quantitative estimate of drug-likeness (QED) is 0.182. The third kappa shape index (κ3) is 8.34. The second-order valence-electron chi connectivity index (χ2n) is 12.2. The zero-order chi connectivity index (χ0) is 30.0. The fraction of sp³-hybridized carbons (Fsp3) is 0.432. The van der Waals surface area contributed by atoms with Crippen molar-refractivity contribution < 1.29 is 0 Å². The Morgan fingerprint density at radius 2 is 1.18 bits per heavy atom. The summed E-state index contributed by atoms with van der Waals surface area (Å²) in [6.07, 6.45) is 3.72. The fourth-order valence-corrected chi connectivity index (χ4v) is 7.37. The molecule has 2 aliphatic heterocycles. The van der Waals surface area contributed by atoms with E-state index < -0.39 is 0 Å². The maximum Gasteiger partial charge on any atom is 0.182 e. The summed E-state index contributed by atoms with van der Waals surface area (Å²) in [4.78, 5) is 15.3. The lowest BCUT2D eigenvalue weighted by Crippen LogP contribution is -2.48. The predicted octanol–water partition coefficient (Wildman–Crippen LogP) is 6.20. The number of piperazine rings is 2. The molecule has 0 atom stereocenters. The number of hydrogen-bond donors (Lipinski definition) is 1. The van der Waals surface area contributed by atoms with Crippen molar-refractivity contribution in [3.63, 3.8) is 0 Å². The van der Waals surface area contributed by atoms with Gasteiger partial charge in [-0.25, -0.2) is 4.98 Å². The van der Waals surface area contributed by atoms with Crippen LogP contribution in [-0.2, 0) is 6.42 Å². The van der Waals surface area contributed by atoms with Crippen molar-refractivity contribution in [1.29, 1.82) is 0 Å². The molecule has 3 heterocycles. The molecule has 2 saturated heterocycles. The van der Waals surface area contributed by atoms with Gasteiger partial charge in [-0.15, -0.1) is 11.3 Å². The lowest BCUT2D eigenvalue weighted by Gasteiger charge is -2.40. The zero-order valence-electron chi connectivity index (χ0n) is 26.3. The smallest absolute Gasteiger partial charge is 0.182 e. The highest BCUT2D eigenvalue weighted by molar-refractivity contribution is 7.14. The molecule has 44 heavy (non-hydrogen) atoms. The molecule has 3 aromatic carbocycles. The first-order valence-electron chi connectivity index (χ1n) is 16.5. The van der Waals surface area contributed by atoms with E-state index in [2.05, 4.69) is 120 Å². The van der Waals surface area contributed by atoms with E-state index in [4.69, 9.17) is 0 Å². The van der Waals surface area contributed by atoms with Crippen molar-refractivity contribution in [3.05, 3.63) is 107 Å². The molecule has 0 radical (unpaired) electrons. The van der Waals surface area contributed by atoms with E-state index >= 15 is 0 Å². The molecule has 1 aromatic heterocycles. The number of benzene rings is 3. The summed E-state index contributed by atoms with van der Waals surface area (Å²) < 4.78 is 0. The Kier molecular flexibility index (Phi) is 11.1. The number of nitrogens with one attached hydrogen (secondary N) is 1. The van der Waals surface area contributed by atoms with Gasteiger partial charge in [0.15, 0.2) is 5.13 Å². The summed E-state index contributed by atoms with van der Waals surface area (Å²) in [5.41, 5.74) is 6.47. The normalized spacial score (nSPS) is 17.3. The van der Waals surface area contributed by atoms with Crippen molar-refractivity contribution in [2.75, 3.05) is 84.4 Å². The molecule has 0 bridgehead atoms. The van der Waals surface area contributed by atoms with Gasteiger partial charge in [0, 0.05) is 76.9 Å². The first-order valence-corrected chi connectivity index (χ1v) is 17.4. The Labute approximate surface area is 268 Å². The molecule has 4 aromatic rings. The van der Waals surface area contributed by atoms with Gasteiger partial charge < -0.3 is 20.0 Å². The van der Waals surface area contributed by atoms with Crippen LogP contribution in [0, 0.1) is 0 Å². The summed E-state index contributed by atoms with van der Waals surface area (Å²) in [7, 11) is 1.92. The van der Waals surface area contributed by atoms with Gasteiger partial charge in [0.1, 0.15) is 0 Å². The van der Waals surface area contributed by atoms with Crippen molar-refractivity contribution >= 4 is 16.5 Å². The van der Waals surface area contributed by atoms with E-state index in [1.807, 2.05) is 7.05 Å². The van der Waals surface area contributed by atoms with Crippen LogP contribution < -0.4 is 5.32 Å². The molecule has 0 amide bonds. The second kappa shape index (κ2) is 15.8. The average Bonchev–Trinajstić information content (AvgIpc) is 3.58. The van der Waals surface area contributed by atoms with Gasteiger partial charge in [0.05, 0.1) is 11.7 Å². The Bertz CT molecular complexity index is 1340. The van der Waals surface area contributed by atoms with Gasteiger partial charge in [-0.05, 0) is 49.0 Å². The highest BCUT2D eigenvalue weighted by Gasteiger charge is 2.26. The number of nitrogens with zero attached hydrogens (tertiary/aromatic N) is 5. The van der Waals surface area contributed by atoms with Crippen LogP contribution in [0.3, 0.4) is 0 Å². The Morgan fingerprint density at radius 1 is 0.659 bits per heavy atom. The van der Waals surface area contributed by atoms with E-state index in [0.29, 0.717) is 6.04 Å². The van der Waals surface area contributed by atoms with Crippen LogP contribution in [0.25, 0.3) is 11.3 Å². The van der Waals surface area contributed by atoms with E-state index in [1.54, 1.807) is 11.3 Å². The van der Waals surface area contributed by atoms with Gasteiger partial charge in [0.2, 0.25) is 0 Å². The van der Waals surface area contributed by atoms with Gasteiger partial charge >= 0.3 is 0 Å². The minimum atomic E-state index is 0.347. The summed E-state index contributed by atoms with van der Waals surface area (Å²) in [5.74, 6) is 0. The van der Waals surface area contributed by atoms with Crippen LogP contribution in [0.15, 0.2) is 90.3 Å². The number of unbranched alkanes of at least 4 members (excludes halogenated alkanes) is 1. The van der Waals surface area contributed by atoms with Crippen LogP contribution in [-0.4, -0.2) is 104 Å². The molecule has 0 aliphatic carbocycles. The van der Waals surface area contributed by atoms with Gasteiger partial charge in [-0.1, -0.05) is 84.9 Å². The van der Waals surface area contributed by atoms with Crippen LogP contribution in [0.1, 0.15) is 35.6 Å². The lowest BCUT2D eigenvalue weighted by molar-refractivity contribution is 0.104. The highest BCUT2D eigenvalue weighted by Crippen LogP contribution is 2.29. The van der Waals surface area contributed by atoms with E-state index in [9.17, 15) is 0 Å². The maximum atomic E-state index is 4.62. The summed E-state index contributed by atoms with van der Waals surface area (Å²) in [6, 6.07) is 31.4. The number of anilines is 1. The second-order valence-corrected chi connectivity index (χ2v) is 13.1. The lowest BCUT2D eigenvalue weighted by atomic mass is 9.96. The van der Waals surface area contributed by atoms with E-state index in [1.165, 1.54) is 87.5 Å². The number of aromatic nitrogens is 1. The molecular formula is C37H48N6S. The molecular weight excluding hydrogens is 561 g/mol. The van der Waals surface area contributed by atoms with Crippen LogP contribution in [0.5, 0.6) is 0 Å². The van der Waals surface area contributed by atoms with Gasteiger partial charge in [-0.2, -0.15) is 0 Å².